The molecule has 0 radical (unpaired) electrons. The lowest BCUT2D eigenvalue weighted by atomic mass is 9.99. The highest BCUT2D eigenvalue weighted by atomic mass is 15.1. The molecule has 0 saturated carbocycles. The van der Waals surface area contributed by atoms with Crippen molar-refractivity contribution >= 4 is 0 Å². The molecule has 0 atom stereocenters. The van der Waals surface area contributed by atoms with Gasteiger partial charge in [-0.15, -0.1) is 0 Å². The largest absolute Gasteiger partial charge is 0.304 e. The SMILES string of the molecule is CC.CCN1CCC(C)CC1. The highest BCUT2D eigenvalue weighted by Gasteiger charge is 2.12. The van der Waals surface area contributed by atoms with Crippen molar-refractivity contribution in [1.82, 2.24) is 4.90 Å². The number of nitrogens with zero attached hydrogens (tertiary/aromatic N) is 1. The Balaban J connectivity index is 0.000000461. The molecule has 0 aromatic rings. The Morgan fingerprint density at radius 3 is 2.00 bits per heavy atom. The summed E-state index contributed by atoms with van der Waals surface area (Å²) < 4.78 is 0. The van der Waals surface area contributed by atoms with Crippen LogP contribution in [-0.4, -0.2) is 24.5 Å². The molecule has 1 aliphatic rings. The molecule has 1 aliphatic heterocycles. The first kappa shape index (κ1) is 11.0. The second-order valence-corrected chi connectivity index (χ2v) is 3.12. The number of hydrogen-bond acceptors (Lipinski definition) is 1. The molecule has 0 aromatic heterocycles. The van der Waals surface area contributed by atoms with E-state index in [1.807, 2.05) is 13.8 Å². The maximum atomic E-state index is 2.53. The second-order valence-electron chi connectivity index (χ2n) is 3.12. The smallest absolute Gasteiger partial charge is 0.00163 e. The van der Waals surface area contributed by atoms with Crippen molar-refractivity contribution in [2.45, 2.75) is 40.5 Å². The monoisotopic (exact) mass is 157 g/mol. The lowest BCUT2D eigenvalue weighted by Gasteiger charge is -2.28. The Kier molecular flexibility index (Phi) is 6.63. The Morgan fingerprint density at radius 1 is 1.18 bits per heavy atom. The van der Waals surface area contributed by atoms with Crippen molar-refractivity contribution in [3.8, 4) is 0 Å². The van der Waals surface area contributed by atoms with E-state index in [0.717, 1.165) is 5.92 Å². The molecule has 0 N–H and O–H groups in total. The zero-order chi connectivity index (χ0) is 8.69. The van der Waals surface area contributed by atoms with Gasteiger partial charge in [0.1, 0.15) is 0 Å². The number of hydrogen-bond donors (Lipinski definition) is 0. The lowest BCUT2D eigenvalue weighted by Crippen LogP contribution is -2.32. The third-order valence-electron chi connectivity index (χ3n) is 2.32. The van der Waals surface area contributed by atoms with Gasteiger partial charge in [0.25, 0.3) is 0 Å². The maximum Gasteiger partial charge on any atom is -0.00163 e. The highest BCUT2D eigenvalue weighted by molar-refractivity contribution is 4.67. The first-order valence-corrected chi connectivity index (χ1v) is 5.05. The molecule has 1 nitrogen and oxygen atoms in total. The van der Waals surface area contributed by atoms with Crippen LogP contribution in [-0.2, 0) is 0 Å². The van der Waals surface area contributed by atoms with E-state index in [2.05, 4.69) is 18.7 Å². The molecule has 0 spiro atoms. The van der Waals surface area contributed by atoms with E-state index in [-0.39, 0.29) is 0 Å². The predicted octanol–water partition coefficient (Wildman–Crippen LogP) is 2.76. The number of rotatable bonds is 1. The minimum Gasteiger partial charge on any atom is -0.304 e. The normalized spacial score (nSPS) is 20.7. The van der Waals surface area contributed by atoms with Crippen LogP contribution in [0.25, 0.3) is 0 Å². The molecule has 1 rings (SSSR count). The molecule has 1 heterocycles. The fourth-order valence-corrected chi connectivity index (χ4v) is 1.38. The Bertz CT molecular complexity index is 72.9. The van der Waals surface area contributed by atoms with Gasteiger partial charge < -0.3 is 4.90 Å². The summed E-state index contributed by atoms with van der Waals surface area (Å²) in [6.45, 7) is 12.5. The van der Waals surface area contributed by atoms with Gasteiger partial charge in [0.05, 0.1) is 0 Å². The van der Waals surface area contributed by atoms with Crippen LogP contribution in [0.3, 0.4) is 0 Å². The minimum atomic E-state index is 0.979. The summed E-state index contributed by atoms with van der Waals surface area (Å²) >= 11 is 0. The fourth-order valence-electron chi connectivity index (χ4n) is 1.38. The summed E-state index contributed by atoms with van der Waals surface area (Å²) in [7, 11) is 0. The molecule has 1 saturated heterocycles. The number of piperidine rings is 1. The van der Waals surface area contributed by atoms with Gasteiger partial charge in [-0.05, 0) is 38.4 Å². The van der Waals surface area contributed by atoms with E-state index in [1.54, 1.807) is 0 Å². The van der Waals surface area contributed by atoms with Gasteiger partial charge >= 0.3 is 0 Å². The highest BCUT2D eigenvalue weighted by Crippen LogP contribution is 2.14. The topological polar surface area (TPSA) is 3.24 Å². The molecule has 1 heteroatoms. The van der Waals surface area contributed by atoms with Crippen LogP contribution in [0.1, 0.15) is 40.5 Å². The average molecular weight is 157 g/mol. The van der Waals surface area contributed by atoms with Crippen LogP contribution in [0.15, 0.2) is 0 Å². The van der Waals surface area contributed by atoms with Crippen LogP contribution in [0, 0.1) is 5.92 Å². The van der Waals surface area contributed by atoms with Crippen molar-refractivity contribution in [3.63, 3.8) is 0 Å². The second kappa shape index (κ2) is 6.66. The summed E-state index contributed by atoms with van der Waals surface area (Å²) in [4.78, 5) is 2.53. The Hall–Kier alpha value is -0.0400. The van der Waals surface area contributed by atoms with E-state index in [1.165, 1.54) is 32.5 Å². The van der Waals surface area contributed by atoms with Crippen LogP contribution < -0.4 is 0 Å². The van der Waals surface area contributed by atoms with Gasteiger partial charge in [0, 0.05) is 0 Å². The minimum absolute atomic E-state index is 0.979. The summed E-state index contributed by atoms with van der Waals surface area (Å²) in [6, 6.07) is 0. The van der Waals surface area contributed by atoms with Gasteiger partial charge in [0.2, 0.25) is 0 Å². The van der Waals surface area contributed by atoms with E-state index in [0.29, 0.717) is 0 Å². The van der Waals surface area contributed by atoms with E-state index in [4.69, 9.17) is 0 Å². The average Bonchev–Trinajstić information content (AvgIpc) is 2.10. The van der Waals surface area contributed by atoms with Gasteiger partial charge in [-0.1, -0.05) is 27.7 Å². The maximum absolute atomic E-state index is 2.53. The Labute approximate surface area is 71.8 Å². The number of likely N-dealkylation sites (tertiary alicyclic amines) is 1. The molecule has 0 aliphatic carbocycles. The van der Waals surface area contributed by atoms with Crippen LogP contribution in [0.4, 0.5) is 0 Å². The predicted molar refractivity (Wildman–Crippen MR) is 51.9 cm³/mol. The quantitative estimate of drug-likeness (QED) is 0.565. The molecule has 0 amide bonds. The molecule has 68 valence electrons. The van der Waals surface area contributed by atoms with Crippen LogP contribution >= 0.6 is 0 Å². The third kappa shape index (κ3) is 4.41. The van der Waals surface area contributed by atoms with Gasteiger partial charge in [0.15, 0.2) is 0 Å². The van der Waals surface area contributed by atoms with Crippen molar-refractivity contribution in [2.75, 3.05) is 19.6 Å². The van der Waals surface area contributed by atoms with Crippen molar-refractivity contribution in [2.24, 2.45) is 5.92 Å². The van der Waals surface area contributed by atoms with Crippen molar-refractivity contribution in [1.29, 1.82) is 0 Å². The molecule has 0 bridgehead atoms. The van der Waals surface area contributed by atoms with Crippen molar-refractivity contribution < 1.29 is 0 Å². The molecule has 1 fully saturated rings. The van der Waals surface area contributed by atoms with Gasteiger partial charge in [-0.3, -0.25) is 0 Å². The third-order valence-corrected chi connectivity index (χ3v) is 2.32. The molecule has 0 aromatic carbocycles. The summed E-state index contributed by atoms with van der Waals surface area (Å²) in [5.41, 5.74) is 0. The summed E-state index contributed by atoms with van der Waals surface area (Å²) in [6.07, 6.45) is 2.82. The summed E-state index contributed by atoms with van der Waals surface area (Å²) in [5, 5.41) is 0. The van der Waals surface area contributed by atoms with E-state index >= 15 is 0 Å². The van der Waals surface area contributed by atoms with Crippen LogP contribution in [0.5, 0.6) is 0 Å². The van der Waals surface area contributed by atoms with Crippen molar-refractivity contribution in [3.05, 3.63) is 0 Å². The van der Waals surface area contributed by atoms with Gasteiger partial charge in [-0.25, -0.2) is 0 Å². The standard InChI is InChI=1S/C8H17N.C2H6/c1-3-9-6-4-8(2)5-7-9;1-2/h8H,3-7H2,1-2H3;1-2H3. The van der Waals surface area contributed by atoms with Gasteiger partial charge in [-0.2, -0.15) is 0 Å². The first-order valence-electron chi connectivity index (χ1n) is 5.05. The molecular formula is C10H23N. The van der Waals surface area contributed by atoms with E-state index in [9.17, 15) is 0 Å². The molecule has 0 unspecified atom stereocenters. The lowest BCUT2D eigenvalue weighted by molar-refractivity contribution is 0.201. The molecule has 11 heavy (non-hydrogen) atoms. The first-order chi connectivity index (χ1) is 5.33. The fraction of sp³-hybridized carbons (Fsp3) is 1.00. The summed E-state index contributed by atoms with van der Waals surface area (Å²) in [5.74, 6) is 0.979. The van der Waals surface area contributed by atoms with Crippen LogP contribution in [0.2, 0.25) is 0 Å². The zero-order valence-electron chi connectivity index (χ0n) is 8.56. The van der Waals surface area contributed by atoms with E-state index < -0.39 is 0 Å². The zero-order valence-corrected chi connectivity index (χ0v) is 8.56. The molecular weight excluding hydrogens is 134 g/mol. The Morgan fingerprint density at radius 2 is 1.64 bits per heavy atom.